The lowest BCUT2D eigenvalue weighted by atomic mass is 10.2. The Morgan fingerprint density at radius 1 is 1.56 bits per heavy atom. The van der Waals surface area contributed by atoms with Gasteiger partial charge in [0.15, 0.2) is 0 Å². The number of hydrogen-bond donors (Lipinski definition) is 0. The molecule has 0 aromatic heterocycles. The quantitative estimate of drug-likeness (QED) is 0.569. The molecule has 82 valence electrons. The molecule has 0 aliphatic rings. The molecular formula is C12H12N2O2. The highest BCUT2D eigenvalue weighted by molar-refractivity contribution is 5.82. The zero-order valence-electron chi connectivity index (χ0n) is 9.18. The van der Waals surface area contributed by atoms with Gasteiger partial charge in [-0.2, -0.15) is 5.26 Å². The maximum absolute atomic E-state index is 10.9. The number of anilines is 1. The first-order chi connectivity index (χ1) is 7.67. The SMILES string of the molecule is COC(=O)C=CN(C)c1cccc(C#N)c1. The number of ether oxygens (including phenoxy) is 1. The molecule has 1 aromatic carbocycles. The van der Waals surface area contributed by atoms with Crippen molar-refractivity contribution in [3.63, 3.8) is 0 Å². The van der Waals surface area contributed by atoms with E-state index in [2.05, 4.69) is 10.8 Å². The van der Waals surface area contributed by atoms with Crippen LogP contribution in [0.25, 0.3) is 0 Å². The lowest BCUT2D eigenvalue weighted by Gasteiger charge is -2.13. The Hall–Kier alpha value is -2.28. The molecule has 4 nitrogen and oxygen atoms in total. The number of benzene rings is 1. The van der Waals surface area contributed by atoms with Crippen LogP contribution >= 0.6 is 0 Å². The Bertz CT molecular complexity index is 447. The number of esters is 1. The Labute approximate surface area is 94.4 Å². The molecule has 0 amide bonds. The van der Waals surface area contributed by atoms with Crippen molar-refractivity contribution in [2.24, 2.45) is 0 Å². The van der Waals surface area contributed by atoms with E-state index in [4.69, 9.17) is 5.26 Å². The third kappa shape index (κ3) is 3.14. The Morgan fingerprint density at radius 3 is 2.94 bits per heavy atom. The van der Waals surface area contributed by atoms with Gasteiger partial charge in [0.2, 0.25) is 0 Å². The van der Waals surface area contributed by atoms with Gasteiger partial charge in [0.25, 0.3) is 0 Å². The van der Waals surface area contributed by atoms with Crippen molar-refractivity contribution in [1.82, 2.24) is 0 Å². The fourth-order valence-electron chi connectivity index (χ4n) is 1.12. The van der Waals surface area contributed by atoms with Gasteiger partial charge in [0, 0.05) is 25.0 Å². The molecule has 0 N–H and O–H groups in total. The number of carbonyl (C=O) groups excluding carboxylic acids is 1. The van der Waals surface area contributed by atoms with Crippen molar-refractivity contribution in [2.45, 2.75) is 0 Å². The van der Waals surface area contributed by atoms with E-state index in [-0.39, 0.29) is 0 Å². The number of carbonyl (C=O) groups is 1. The Kier molecular flexibility index (Phi) is 4.10. The number of nitriles is 1. The molecule has 0 saturated heterocycles. The second-order valence-electron chi connectivity index (χ2n) is 3.11. The zero-order valence-corrected chi connectivity index (χ0v) is 9.18. The van der Waals surface area contributed by atoms with E-state index in [1.54, 1.807) is 36.3 Å². The molecule has 4 heteroatoms. The van der Waals surface area contributed by atoms with Crippen LogP contribution in [0, 0.1) is 11.3 Å². The standard InChI is InChI=1S/C12H12N2O2/c1-14(7-6-12(15)16-2)11-5-3-4-10(8-11)9-13/h3-8H,1-2H3. The highest BCUT2D eigenvalue weighted by Crippen LogP contribution is 2.14. The summed E-state index contributed by atoms with van der Waals surface area (Å²) in [5.41, 5.74) is 1.41. The van der Waals surface area contributed by atoms with E-state index in [1.165, 1.54) is 13.2 Å². The van der Waals surface area contributed by atoms with Crippen molar-refractivity contribution in [1.29, 1.82) is 5.26 Å². The molecule has 0 unspecified atom stereocenters. The third-order valence-corrected chi connectivity index (χ3v) is 2.02. The third-order valence-electron chi connectivity index (χ3n) is 2.02. The van der Waals surface area contributed by atoms with E-state index >= 15 is 0 Å². The second kappa shape index (κ2) is 5.56. The molecule has 0 aliphatic heterocycles. The summed E-state index contributed by atoms with van der Waals surface area (Å²) in [7, 11) is 3.11. The largest absolute Gasteiger partial charge is 0.466 e. The molecule has 16 heavy (non-hydrogen) atoms. The number of rotatable bonds is 3. The summed E-state index contributed by atoms with van der Waals surface area (Å²) < 4.78 is 4.48. The summed E-state index contributed by atoms with van der Waals surface area (Å²) >= 11 is 0. The maximum atomic E-state index is 10.9. The Balaban J connectivity index is 2.81. The lowest BCUT2D eigenvalue weighted by Crippen LogP contribution is -2.09. The average molecular weight is 216 g/mol. The lowest BCUT2D eigenvalue weighted by molar-refractivity contribution is -0.134. The number of methoxy groups -OCH3 is 1. The summed E-state index contributed by atoms with van der Waals surface area (Å²) in [6.07, 6.45) is 2.90. The van der Waals surface area contributed by atoms with Crippen molar-refractivity contribution >= 4 is 11.7 Å². The summed E-state index contributed by atoms with van der Waals surface area (Å²) in [6.45, 7) is 0. The fourth-order valence-corrected chi connectivity index (χ4v) is 1.12. The van der Waals surface area contributed by atoms with E-state index in [0.29, 0.717) is 5.56 Å². The molecule has 0 spiro atoms. The van der Waals surface area contributed by atoms with Gasteiger partial charge >= 0.3 is 5.97 Å². The highest BCUT2D eigenvalue weighted by Gasteiger charge is 1.99. The van der Waals surface area contributed by atoms with Crippen LogP contribution in [0.2, 0.25) is 0 Å². The topological polar surface area (TPSA) is 53.3 Å². The van der Waals surface area contributed by atoms with E-state index < -0.39 is 5.97 Å². The first-order valence-electron chi connectivity index (χ1n) is 4.66. The van der Waals surface area contributed by atoms with Crippen LogP contribution in [0.15, 0.2) is 36.5 Å². The summed E-state index contributed by atoms with van der Waals surface area (Å²) in [4.78, 5) is 12.6. The molecule has 0 saturated carbocycles. The number of hydrogen-bond acceptors (Lipinski definition) is 4. The second-order valence-corrected chi connectivity index (χ2v) is 3.11. The first-order valence-corrected chi connectivity index (χ1v) is 4.66. The van der Waals surface area contributed by atoms with Gasteiger partial charge in [-0.05, 0) is 18.2 Å². The van der Waals surface area contributed by atoms with Gasteiger partial charge in [-0.3, -0.25) is 0 Å². The number of nitrogens with zero attached hydrogens (tertiary/aromatic N) is 2. The zero-order chi connectivity index (χ0) is 12.0. The van der Waals surface area contributed by atoms with Crippen molar-refractivity contribution in [3.05, 3.63) is 42.1 Å². The minimum atomic E-state index is -0.414. The van der Waals surface area contributed by atoms with Crippen molar-refractivity contribution in [2.75, 3.05) is 19.1 Å². The van der Waals surface area contributed by atoms with Gasteiger partial charge in [0.05, 0.1) is 18.7 Å². The predicted molar refractivity (Wildman–Crippen MR) is 60.7 cm³/mol. The Morgan fingerprint density at radius 2 is 2.31 bits per heavy atom. The van der Waals surface area contributed by atoms with Crippen LogP contribution in [0.3, 0.4) is 0 Å². The van der Waals surface area contributed by atoms with Gasteiger partial charge in [-0.25, -0.2) is 4.79 Å². The van der Waals surface area contributed by atoms with E-state index in [0.717, 1.165) is 5.69 Å². The van der Waals surface area contributed by atoms with Crippen LogP contribution in [0.4, 0.5) is 5.69 Å². The van der Waals surface area contributed by atoms with Crippen LogP contribution in [-0.2, 0) is 9.53 Å². The highest BCUT2D eigenvalue weighted by atomic mass is 16.5. The van der Waals surface area contributed by atoms with Gasteiger partial charge in [0.1, 0.15) is 0 Å². The van der Waals surface area contributed by atoms with Crippen molar-refractivity contribution < 1.29 is 9.53 Å². The summed E-state index contributed by atoms with van der Waals surface area (Å²) in [5, 5.41) is 8.74. The molecule has 0 fully saturated rings. The summed E-state index contributed by atoms with van der Waals surface area (Å²) in [5.74, 6) is -0.414. The first kappa shape index (κ1) is 11.8. The molecular weight excluding hydrogens is 204 g/mol. The van der Waals surface area contributed by atoms with Gasteiger partial charge in [-0.15, -0.1) is 0 Å². The van der Waals surface area contributed by atoms with E-state index in [9.17, 15) is 4.79 Å². The summed E-state index contributed by atoms with van der Waals surface area (Å²) in [6, 6.07) is 9.15. The molecule has 0 atom stereocenters. The molecule has 1 aromatic rings. The van der Waals surface area contributed by atoms with Gasteiger partial charge in [-0.1, -0.05) is 6.07 Å². The smallest absolute Gasteiger partial charge is 0.331 e. The fraction of sp³-hybridized carbons (Fsp3) is 0.167. The van der Waals surface area contributed by atoms with Crippen LogP contribution in [-0.4, -0.2) is 20.1 Å². The maximum Gasteiger partial charge on any atom is 0.331 e. The predicted octanol–water partition coefficient (Wildman–Crippen LogP) is 1.68. The molecule has 0 bridgehead atoms. The minimum Gasteiger partial charge on any atom is -0.466 e. The monoisotopic (exact) mass is 216 g/mol. The molecule has 0 radical (unpaired) electrons. The minimum absolute atomic E-state index is 0.414. The van der Waals surface area contributed by atoms with Crippen LogP contribution < -0.4 is 4.90 Å². The molecule has 1 rings (SSSR count). The van der Waals surface area contributed by atoms with Crippen LogP contribution in [0.5, 0.6) is 0 Å². The van der Waals surface area contributed by atoms with E-state index in [1.807, 2.05) is 6.07 Å². The van der Waals surface area contributed by atoms with Crippen molar-refractivity contribution in [3.8, 4) is 6.07 Å². The van der Waals surface area contributed by atoms with Gasteiger partial charge < -0.3 is 9.64 Å². The molecule has 0 heterocycles. The van der Waals surface area contributed by atoms with Crippen LogP contribution in [0.1, 0.15) is 5.56 Å². The molecule has 0 aliphatic carbocycles. The average Bonchev–Trinajstić information content (AvgIpc) is 2.35. The normalized spacial score (nSPS) is 9.81.